The molecule has 0 saturated heterocycles. The van der Waals surface area contributed by atoms with Gasteiger partial charge >= 0.3 is 0 Å². The standard InChI is InChI=1S/C14H23N3O/c1-4-14(5-2,10-15)13(18)17-9-12-6-7-16-8-11(12)3/h6-8H,4-5,9-10,15H2,1-3H3,(H,17,18). The number of nitrogens with one attached hydrogen (secondary N) is 1. The first-order valence-corrected chi connectivity index (χ1v) is 6.47. The fraction of sp³-hybridized carbons (Fsp3) is 0.571. The molecule has 1 amide bonds. The molecule has 18 heavy (non-hydrogen) atoms. The molecule has 0 radical (unpaired) electrons. The summed E-state index contributed by atoms with van der Waals surface area (Å²) in [5.74, 6) is 0.0474. The van der Waals surface area contributed by atoms with Crippen molar-refractivity contribution < 1.29 is 4.79 Å². The smallest absolute Gasteiger partial charge is 0.227 e. The first-order valence-electron chi connectivity index (χ1n) is 6.47. The van der Waals surface area contributed by atoms with Crippen molar-refractivity contribution in [2.75, 3.05) is 6.54 Å². The summed E-state index contributed by atoms with van der Waals surface area (Å²) in [5, 5.41) is 2.99. The van der Waals surface area contributed by atoms with Crippen molar-refractivity contribution in [3.8, 4) is 0 Å². The third-order valence-electron chi connectivity index (χ3n) is 3.80. The summed E-state index contributed by atoms with van der Waals surface area (Å²) in [4.78, 5) is 16.3. The SMILES string of the molecule is CCC(CC)(CN)C(=O)NCc1ccncc1C. The maximum absolute atomic E-state index is 12.2. The van der Waals surface area contributed by atoms with Gasteiger partial charge in [-0.25, -0.2) is 0 Å². The summed E-state index contributed by atoms with van der Waals surface area (Å²) in [7, 11) is 0. The summed E-state index contributed by atoms with van der Waals surface area (Å²) < 4.78 is 0. The van der Waals surface area contributed by atoms with Gasteiger partial charge in [0.05, 0.1) is 5.41 Å². The minimum absolute atomic E-state index is 0.0474. The zero-order valence-corrected chi connectivity index (χ0v) is 11.5. The highest BCUT2D eigenvalue weighted by Crippen LogP contribution is 2.25. The van der Waals surface area contributed by atoms with Gasteiger partial charge in [0.2, 0.25) is 5.91 Å². The van der Waals surface area contributed by atoms with E-state index in [1.54, 1.807) is 12.4 Å². The average Bonchev–Trinajstić information content (AvgIpc) is 2.40. The van der Waals surface area contributed by atoms with Crippen LogP contribution in [0.2, 0.25) is 0 Å². The molecule has 100 valence electrons. The number of hydrogen-bond donors (Lipinski definition) is 2. The molecule has 0 aliphatic rings. The molecule has 0 bridgehead atoms. The van der Waals surface area contributed by atoms with E-state index < -0.39 is 5.41 Å². The molecule has 0 spiro atoms. The highest BCUT2D eigenvalue weighted by molar-refractivity contribution is 5.82. The number of rotatable bonds is 6. The number of hydrogen-bond acceptors (Lipinski definition) is 3. The lowest BCUT2D eigenvalue weighted by Crippen LogP contribution is -2.45. The number of carbonyl (C=O) groups excluding carboxylic acids is 1. The number of amides is 1. The zero-order chi connectivity index (χ0) is 13.6. The molecule has 0 aromatic carbocycles. The monoisotopic (exact) mass is 249 g/mol. The lowest BCUT2D eigenvalue weighted by molar-refractivity contribution is -0.131. The third-order valence-corrected chi connectivity index (χ3v) is 3.80. The van der Waals surface area contributed by atoms with E-state index in [-0.39, 0.29) is 5.91 Å². The van der Waals surface area contributed by atoms with Gasteiger partial charge < -0.3 is 11.1 Å². The molecule has 4 nitrogen and oxygen atoms in total. The normalized spacial score (nSPS) is 11.3. The number of pyridine rings is 1. The van der Waals surface area contributed by atoms with Crippen LogP contribution in [0.1, 0.15) is 37.8 Å². The summed E-state index contributed by atoms with van der Waals surface area (Å²) in [6, 6.07) is 1.93. The fourth-order valence-electron chi connectivity index (χ4n) is 2.02. The van der Waals surface area contributed by atoms with Gasteiger partial charge in [-0.3, -0.25) is 9.78 Å². The van der Waals surface area contributed by atoms with Crippen molar-refractivity contribution in [1.29, 1.82) is 0 Å². The molecule has 4 heteroatoms. The predicted octanol–water partition coefficient (Wildman–Crippen LogP) is 1.77. The van der Waals surface area contributed by atoms with Gasteiger partial charge in [-0.2, -0.15) is 0 Å². The van der Waals surface area contributed by atoms with Gasteiger partial charge in [0.25, 0.3) is 0 Å². The molecule has 0 aliphatic carbocycles. The van der Waals surface area contributed by atoms with Crippen LogP contribution in [0, 0.1) is 12.3 Å². The molecular formula is C14H23N3O. The van der Waals surface area contributed by atoms with Gasteiger partial charge in [0, 0.05) is 25.5 Å². The minimum atomic E-state index is -0.430. The number of nitrogens with zero attached hydrogens (tertiary/aromatic N) is 1. The van der Waals surface area contributed by atoms with Crippen LogP contribution in [-0.4, -0.2) is 17.4 Å². The summed E-state index contributed by atoms with van der Waals surface area (Å²) >= 11 is 0. The van der Waals surface area contributed by atoms with E-state index >= 15 is 0 Å². The van der Waals surface area contributed by atoms with Crippen LogP contribution in [0.3, 0.4) is 0 Å². The molecular weight excluding hydrogens is 226 g/mol. The molecule has 0 atom stereocenters. The maximum atomic E-state index is 12.2. The van der Waals surface area contributed by atoms with Crippen molar-refractivity contribution in [2.45, 2.75) is 40.2 Å². The van der Waals surface area contributed by atoms with E-state index in [0.29, 0.717) is 13.1 Å². The maximum Gasteiger partial charge on any atom is 0.227 e. The van der Waals surface area contributed by atoms with Crippen LogP contribution in [-0.2, 0) is 11.3 Å². The van der Waals surface area contributed by atoms with Gasteiger partial charge in [-0.15, -0.1) is 0 Å². The van der Waals surface area contributed by atoms with Gasteiger partial charge in [0.1, 0.15) is 0 Å². The van der Waals surface area contributed by atoms with Crippen LogP contribution in [0.4, 0.5) is 0 Å². The second kappa shape index (κ2) is 6.50. The predicted molar refractivity (Wildman–Crippen MR) is 72.9 cm³/mol. The van der Waals surface area contributed by atoms with E-state index in [9.17, 15) is 4.79 Å². The average molecular weight is 249 g/mol. The van der Waals surface area contributed by atoms with Crippen LogP contribution in [0.25, 0.3) is 0 Å². The largest absolute Gasteiger partial charge is 0.351 e. The zero-order valence-electron chi connectivity index (χ0n) is 11.5. The Morgan fingerprint density at radius 2 is 2.11 bits per heavy atom. The van der Waals surface area contributed by atoms with Crippen molar-refractivity contribution in [3.63, 3.8) is 0 Å². The topological polar surface area (TPSA) is 68.0 Å². The quantitative estimate of drug-likeness (QED) is 0.807. The third kappa shape index (κ3) is 3.07. The van der Waals surface area contributed by atoms with Crippen LogP contribution >= 0.6 is 0 Å². The van der Waals surface area contributed by atoms with Gasteiger partial charge in [0.15, 0.2) is 0 Å². The van der Waals surface area contributed by atoms with Crippen molar-refractivity contribution >= 4 is 5.91 Å². The number of carbonyl (C=O) groups is 1. The van der Waals surface area contributed by atoms with E-state index in [1.807, 2.05) is 26.8 Å². The Morgan fingerprint density at radius 1 is 1.44 bits per heavy atom. The Bertz CT molecular complexity index is 392. The molecule has 1 aromatic rings. The van der Waals surface area contributed by atoms with Crippen LogP contribution in [0.5, 0.6) is 0 Å². The second-order valence-corrected chi connectivity index (χ2v) is 4.68. The van der Waals surface area contributed by atoms with Crippen LogP contribution in [0.15, 0.2) is 18.5 Å². The Hall–Kier alpha value is -1.42. The molecule has 1 rings (SSSR count). The first-order chi connectivity index (χ1) is 8.59. The fourth-order valence-corrected chi connectivity index (χ4v) is 2.02. The van der Waals surface area contributed by atoms with Crippen molar-refractivity contribution in [3.05, 3.63) is 29.6 Å². The number of aryl methyl sites for hydroxylation is 1. The Morgan fingerprint density at radius 3 is 2.61 bits per heavy atom. The lowest BCUT2D eigenvalue weighted by atomic mass is 9.81. The number of nitrogens with two attached hydrogens (primary N) is 1. The van der Waals surface area contributed by atoms with E-state index in [4.69, 9.17) is 5.73 Å². The van der Waals surface area contributed by atoms with Gasteiger partial charge in [-0.05, 0) is 37.0 Å². The van der Waals surface area contributed by atoms with Crippen LogP contribution < -0.4 is 11.1 Å². The first kappa shape index (κ1) is 14.6. The second-order valence-electron chi connectivity index (χ2n) is 4.68. The Labute approximate surface area is 109 Å². The Balaban J connectivity index is 2.69. The molecule has 0 fully saturated rings. The molecule has 0 unspecified atom stereocenters. The van der Waals surface area contributed by atoms with Gasteiger partial charge in [-0.1, -0.05) is 13.8 Å². The highest BCUT2D eigenvalue weighted by atomic mass is 16.2. The van der Waals surface area contributed by atoms with E-state index in [2.05, 4.69) is 10.3 Å². The molecule has 0 saturated carbocycles. The summed E-state index contributed by atoms with van der Waals surface area (Å²) in [6.45, 7) is 6.93. The molecule has 0 aliphatic heterocycles. The number of aromatic nitrogens is 1. The molecule has 1 heterocycles. The highest BCUT2D eigenvalue weighted by Gasteiger charge is 2.32. The Kier molecular flexibility index (Phi) is 5.28. The van der Waals surface area contributed by atoms with E-state index in [1.165, 1.54) is 0 Å². The van der Waals surface area contributed by atoms with E-state index in [0.717, 1.165) is 24.0 Å². The van der Waals surface area contributed by atoms with Crippen molar-refractivity contribution in [2.24, 2.45) is 11.1 Å². The minimum Gasteiger partial charge on any atom is -0.351 e. The lowest BCUT2D eigenvalue weighted by Gasteiger charge is -2.28. The summed E-state index contributed by atoms with van der Waals surface area (Å²) in [6.07, 6.45) is 5.07. The molecule has 3 N–H and O–H groups in total. The summed E-state index contributed by atoms with van der Waals surface area (Å²) in [5.41, 5.74) is 7.51. The molecule has 1 aromatic heterocycles. The van der Waals surface area contributed by atoms with Crippen molar-refractivity contribution in [1.82, 2.24) is 10.3 Å².